The molecule has 0 fully saturated rings. The van der Waals surface area contributed by atoms with Crippen LogP contribution in [0.15, 0.2) is 48.5 Å². The maximum absolute atomic E-state index is 13.2. The van der Waals surface area contributed by atoms with E-state index < -0.39 is 0 Å². The first-order valence-electron chi connectivity index (χ1n) is 6.75. The Morgan fingerprint density at radius 2 is 1.76 bits per heavy atom. The molecule has 3 nitrogen and oxygen atoms in total. The zero-order valence-corrected chi connectivity index (χ0v) is 12.0. The van der Waals surface area contributed by atoms with E-state index >= 15 is 0 Å². The third kappa shape index (κ3) is 2.29. The molecule has 0 unspecified atom stereocenters. The normalized spacial score (nSPS) is 10.8. The highest BCUT2D eigenvalue weighted by atomic mass is 19.1. The fourth-order valence-corrected chi connectivity index (χ4v) is 2.61. The quantitative estimate of drug-likeness (QED) is 0.724. The summed E-state index contributed by atoms with van der Waals surface area (Å²) < 4.78 is 15.1. The van der Waals surface area contributed by atoms with E-state index in [9.17, 15) is 4.39 Å². The lowest BCUT2D eigenvalue weighted by atomic mass is 10.0. The van der Waals surface area contributed by atoms with E-state index in [0.717, 1.165) is 28.2 Å². The zero-order valence-electron chi connectivity index (χ0n) is 12.0. The van der Waals surface area contributed by atoms with Crippen LogP contribution in [0.2, 0.25) is 0 Å². The second kappa shape index (κ2) is 5.05. The van der Waals surface area contributed by atoms with Crippen molar-refractivity contribution in [3.63, 3.8) is 0 Å². The monoisotopic (exact) mass is 281 g/mol. The SMILES string of the molecule is Cc1nn(-c2ccccc2)c(C)c1-c1ccc(F)cc1N. The van der Waals surface area contributed by atoms with Gasteiger partial charge in [-0.05, 0) is 44.2 Å². The van der Waals surface area contributed by atoms with Crippen LogP contribution in [0.5, 0.6) is 0 Å². The summed E-state index contributed by atoms with van der Waals surface area (Å²) in [7, 11) is 0. The molecule has 1 heterocycles. The lowest BCUT2D eigenvalue weighted by Crippen LogP contribution is -1.99. The lowest BCUT2D eigenvalue weighted by molar-refractivity contribution is 0.628. The van der Waals surface area contributed by atoms with Crippen LogP contribution >= 0.6 is 0 Å². The van der Waals surface area contributed by atoms with Gasteiger partial charge < -0.3 is 5.73 Å². The number of nitrogens with two attached hydrogens (primary N) is 1. The number of aryl methyl sites for hydroxylation is 1. The summed E-state index contributed by atoms with van der Waals surface area (Å²) in [5, 5.41) is 4.59. The summed E-state index contributed by atoms with van der Waals surface area (Å²) in [5.41, 5.74) is 11.0. The third-order valence-corrected chi connectivity index (χ3v) is 3.58. The Labute approximate surface area is 122 Å². The van der Waals surface area contributed by atoms with Gasteiger partial charge in [0, 0.05) is 22.5 Å². The first-order valence-corrected chi connectivity index (χ1v) is 6.75. The van der Waals surface area contributed by atoms with Crippen LogP contribution in [0.3, 0.4) is 0 Å². The molecule has 4 heteroatoms. The van der Waals surface area contributed by atoms with Gasteiger partial charge in [-0.2, -0.15) is 5.10 Å². The molecule has 0 bridgehead atoms. The zero-order chi connectivity index (χ0) is 15.0. The Balaban J connectivity index is 2.19. The number of halogens is 1. The van der Waals surface area contributed by atoms with Gasteiger partial charge in [-0.25, -0.2) is 9.07 Å². The fourth-order valence-electron chi connectivity index (χ4n) is 2.61. The first-order chi connectivity index (χ1) is 10.1. The molecular weight excluding hydrogens is 265 g/mol. The van der Waals surface area contributed by atoms with Gasteiger partial charge in [-0.1, -0.05) is 18.2 Å². The van der Waals surface area contributed by atoms with Crippen molar-refractivity contribution in [3.8, 4) is 16.8 Å². The van der Waals surface area contributed by atoms with Crippen LogP contribution in [0.1, 0.15) is 11.4 Å². The first kappa shape index (κ1) is 13.4. The van der Waals surface area contributed by atoms with Crippen molar-refractivity contribution in [1.29, 1.82) is 0 Å². The predicted molar refractivity (Wildman–Crippen MR) is 82.8 cm³/mol. The van der Waals surface area contributed by atoms with Crippen molar-refractivity contribution in [1.82, 2.24) is 9.78 Å². The van der Waals surface area contributed by atoms with Crippen LogP contribution in [-0.4, -0.2) is 9.78 Å². The maximum Gasteiger partial charge on any atom is 0.125 e. The number of benzene rings is 2. The molecule has 2 N–H and O–H groups in total. The van der Waals surface area contributed by atoms with E-state index in [1.807, 2.05) is 48.9 Å². The molecule has 3 aromatic rings. The topological polar surface area (TPSA) is 43.8 Å². The Hall–Kier alpha value is -2.62. The molecule has 2 aromatic carbocycles. The summed E-state index contributed by atoms with van der Waals surface area (Å²) in [6.07, 6.45) is 0. The fraction of sp³-hybridized carbons (Fsp3) is 0.118. The van der Waals surface area contributed by atoms with E-state index in [1.165, 1.54) is 12.1 Å². The lowest BCUT2D eigenvalue weighted by Gasteiger charge is -2.08. The van der Waals surface area contributed by atoms with Crippen LogP contribution < -0.4 is 5.73 Å². The minimum Gasteiger partial charge on any atom is -0.398 e. The molecule has 0 spiro atoms. The van der Waals surface area contributed by atoms with Crippen molar-refractivity contribution < 1.29 is 4.39 Å². The third-order valence-electron chi connectivity index (χ3n) is 3.58. The smallest absolute Gasteiger partial charge is 0.125 e. The van der Waals surface area contributed by atoms with Gasteiger partial charge in [-0.15, -0.1) is 0 Å². The number of nitrogen functional groups attached to an aromatic ring is 1. The van der Waals surface area contributed by atoms with E-state index in [1.54, 1.807) is 6.07 Å². The highest BCUT2D eigenvalue weighted by Gasteiger charge is 2.16. The average molecular weight is 281 g/mol. The molecule has 0 amide bonds. The Morgan fingerprint density at radius 3 is 2.43 bits per heavy atom. The largest absolute Gasteiger partial charge is 0.398 e. The number of nitrogens with zero attached hydrogens (tertiary/aromatic N) is 2. The van der Waals surface area contributed by atoms with Gasteiger partial charge in [0.2, 0.25) is 0 Å². The van der Waals surface area contributed by atoms with Crippen LogP contribution in [0.25, 0.3) is 16.8 Å². The highest BCUT2D eigenvalue weighted by Crippen LogP contribution is 2.32. The number of rotatable bonds is 2. The molecule has 1 aromatic heterocycles. The van der Waals surface area contributed by atoms with Gasteiger partial charge in [-0.3, -0.25) is 0 Å². The Kier molecular flexibility index (Phi) is 3.22. The van der Waals surface area contributed by atoms with E-state index in [0.29, 0.717) is 5.69 Å². The second-order valence-corrected chi connectivity index (χ2v) is 5.02. The minimum atomic E-state index is -0.331. The molecule has 0 atom stereocenters. The maximum atomic E-state index is 13.2. The van der Waals surface area contributed by atoms with Crippen LogP contribution in [-0.2, 0) is 0 Å². The summed E-state index contributed by atoms with van der Waals surface area (Å²) in [4.78, 5) is 0. The molecule has 3 rings (SSSR count). The van der Waals surface area contributed by atoms with Crippen molar-refractivity contribution in [2.75, 3.05) is 5.73 Å². The summed E-state index contributed by atoms with van der Waals surface area (Å²) in [6.45, 7) is 3.93. The van der Waals surface area contributed by atoms with Crippen LogP contribution in [0.4, 0.5) is 10.1 Å². The van der Waals surface area contributed by atoms with E-state index in [-0.39, 0.29) is 5.82 Å². The summed E-state index contributed by atoms with van der Waals surface area (Å²) in [6, 6.07) is 14.4. The average Bonchev–Trinajstić information content (AvgIpc) is 2.76. The number of hydrogen-bond donors (Lipinski definition) is 1. The van der Waals surface area contributed by atoms with Gasteiger partial charge in [0.1, 0.15) is 5.82 Å². The molecular formula is C17H16FN3. The molecule has 0 aliphatic heterocycles. The van der Waals surface area contributed by atoms with E-state index in [4.69, 9.17) is 5.73 Å². The molecule has 0 radical (unpaired) electrons. The van der Waals surface area contributed by atoms with Crippen LogP contribution in [0, 0.1) is 19.7 Å². The molecule has 21 heavy (non-hydrogen) atoms. The van der Waals surface area contributed by atoms with Crippen molar-refractivity contribution in [3.05, 3.63) is 65.7 Å². The second-order valence-electron chi connectivity index (χ2n) is 5.02. The van der Waals surface area contributed by atoms with Gasteiger partial charge >= 0.3 is 0 Å². The Bertz CT molecular complexity index is 791. The number of aromatic nitrogens is 2. The number of hydrogen-bond acceptors (Lipinski definition) is 2. The Morgan fingerprint density at radius 1 is 1.05 bits per heavy atom. The molecule has 0 aliphatic rings. The van der Waals surface area contributed by atoms with Crippen molar-refractivity contribution in [2.24, 2.45) is 0 Å². The molecule has 0 saturated heterocycles. The minimum absolute atomic E-state index is 0.331. The molecule has 106 valence electrons. The number of anilines is 1. The summed E-state index contributed by atoms with van der Waals surface area (Å²) in [5.74, 6) is -0.331. The van der Waals surface area contributed by atoms with Crippen molar-refractivity contribution in [2.45, 2.75) is 13.8 Å². The van der Waals surface area contributed by atoms with Gasteiger partial charge in [0.05, 0.1) is 11.4 Å². The van der Waals surface area contributed by atoms with Gasteiger partial charge in [0.15, 0.2) is 0 Å². The van der Waals surface area contributed by atoms with Crippen molar-refractivity contribution >= 4 is 5.69 Å². The highest BCUT2D eigenvalue weighted by molar-refractivity contribution is 5.79. The summed E-state index contributed by atoms with van der Waals surface area (Å²) >= 11 is 0. The van der Waals surface area contributed by atoms with E-state index in [2.05, 4.69) is 5.10 Å². The molecule has 0 saturated carbocycles. The van der Waals surface area contributed by atoms with Gasteiger partial charge in [0.25, 0.3) is 0 Å². The number of para-hydroxylation sites is 1. The predicted octanol–water partition coefficient (Wildman–Crippen LogP) is 3.88. The standard InChI is InChI=1S/C17H16FN3/c1-11-17(15-9-8-13(18)10-16(15)19)12(2)21(20-11)14-6-4-3-5-7-14/h3-10H,19H2,1-2H3. The molecule has 0 aliphatic carbocycles.